The Bertz CT molecular complexity index is 805. The molecule has 0 atom stereocenters. The molecule has 0 unspecified atom stereocenters. The number of hydrogen-bond donors (Lipinski definition) is 2. The van der Waals surface area contributed by atoms with Gasteiger partial charge in [-0.3, -0.25) is 0 Å². The Morgan fingerprint density at radius 2 is 1.83 bits per heavy atom. The van der Waals surface area contributed by atoms with Crippen LogP contribution in [0.15, 0.2) is 54.7 Å². The van der Waals surface area contributed by atoms with Gasteiger partial charge < -0.3 is 10.6 Å². The Morgan fingerprint density at radius 1 is 1.04 bits per heavy atom. The Hall–Kier alpha value is -3.02. The summed E-state index contributed by atoms with van der Waals surface area (Å²) in [5, 5.41) is 14.0. The van der Waals surface area contributed by atoms with E-state index in [4.69, 9.17) is 0 Å². The van der Waals surface area contributed by atoms with E-state index in [1.165, 1.54) is 11.6 Å². The summed E-state index contributed by atoms with van der Waals surface area (Å²) in [7, 11) is 0. The van der Waals surface area contributed by atoms with Crippen LogP contribution in [0.2, 0.25) is 0 Å². The fourth-order valence-corrected chi connectivity index (χ4v) is 2.23. The molecular formula is C18H18FN5. The van der Waals surface area contributed by atoms with Crippen molar-refractivity contribution in [3.05, 3.63) is 71.7 Å². The van der Waals surface area contributed by atoms with Crippen molar-refractivity contribution in [3.8, 4) is 0 Å². The third kappa shape index (κ3) is 4.04. The van der Waals surface area contributed by atoms with Crippen LogP contribution in [-0.2, 0) is 13.0 Å². The van der Waals surface area contributed by atoms with Gasteiger partial charge >= 0.3 is 0 Å². The van der Waals surface area contributed by atoms with E-state index in [9.17, 15) is 4.39 Å². The van der Waals surface area contributed by atoms with Crippen LogP contribution < -0.4 is 10.6 Å². The summed E-state index contributed by atoms with van der Waals surface area (Å²) < 4.78 is 13.6. The maximum Gasteiger partial charge on any atom is 0.244 e. The van der Waals surface area contributed by atoms with Gasteiger partial charge in [-0.05, 0) is 30.2 Å². The topological polar surface area (TPSA) is 62.7 Å². The lowest BCUT2D eigenvalue weighted by atomic mass is 10.1. The zero-order valence-electron chi connectivity index (χ0n) is 13.3. The maximum absolute atomic E-state index is 13.6. The number of rotatable bonds is 6. The van der Waals surface area contributed by atoms with E-state index in [2.05, 4.69) is 44.9 Å². The van der Waals surface area contributed by atoms with E-state index >= 15 is 0 Å². The zero-order valence-corrected chi connectivity index (χ0v) is 13.3. The van der Waals surface area contributed by atoms with E-state index < -0.39 is 0 Å². The van der Waals surface area contributed by atoms with Gasteiger partial charge in [-0.2, -0.15) is 10.1 Å². The van der Waals surface area contributed by atoms with Gasteiger partial charge in [-0.25, -0.2) is 4.39 Å². The number of aromatic nitrogens is 3. The first kappa shape index (κ1) is 15.9. The van der Waals surface area contributed by atoms with Crippen LogP contribution in [0.25, 0.3) is 0 Å². The van der Waals surface area contributed by atoms with Crippen molar-refractivity contribution in [1.82, 2.24) is 15.2 Å². The second-order valence-electron chi connectivity index (χ2n) is 5.29. The van der Waals surface area contributed by atoms with E-state index in [1.807, 2.05) is 12.1 Å². The number of aryl methyl sites for hydroxylation is 1. The number of halogens is 1. The highest BCUT2D eigenvalue weighted by atomic mass is 19.1. The Kier molecular flexibility index (Phi) is 4.96. The smallest absolute Gasteiger partial charge is 0.244 e. The molecule has 0 fully saturated rings. The summed E-state index contributed by atoms with van der Waals surface area (Å²) >= 11 is 0. The van der Waals surface area contributed by atoms with Crippen molar-refractivity contribution >= 4 is 17.5 Å². The predicted octanol–water partition coefficient (Wildman–Crippen LogP) is 3.93. The summed E-state index contributed by atoms with van der Waals surface area (Å²) in [6.07, 6.45) is 2.54. The van der Waals surface area contributed by atoms with Crippen LogP contribution in [0.1, 0.15) is 18.1 Å². The lowest BCUT2D eigenvalue weighted by Gasteiger charge is -2.08. The van der Waals surface area contributed by atoms with Gasteiger partial charge in [-0.1, -0.05) is 37.3 Å². The zero-order chi connectivity index (χ0) is 16.8. The number of benzene rings is 2. The molecule has 0 aliphatic rings. The molecule has 0 amide bonds. The second-order valence-corrected chi connectivity index (χ2v) is 5.29. The molecule has 1 heterocycles. The minimum Gasteiger partial charge on any atom is -0.349 e. The Balaban J connectivity index is 1.66. The largest absolute Gasteiger partial charge is 0.349 e. The third-order valence-electron chi connectivity index (χ3n) is 3.59. The van der Waals surface area contributed by atoms with Crippen LogP contribution >= 0.6 is 0 Å². The molecule has 2 N–H and O–H groups in total. The first-order valence-electron chi connectivity index (χ1n) is 7.77. The van der Waals surface area contributed by atoms with Crippen LogP contribution in [0, 0.1) is 5.82 Å². The van der Waals surface area contributed by atoms with Crippen LogP contribution in [0.5, 0.6) is 0 Å². The fourth-order valence-electron chi connectivity index (χ4n) is 2.23. The predicted molar refractivity (Wildman–Crippen MR) is 92.7 cm³/mol. The average molecular weight is 323 g/mol. The number of anilines is 3. The summed E-state index contributed by atoms with van der Waals surface area (Å²) in [5.74, 6) is 0.655. The highest BCUT2D eigenvalue weighted by Crippen LogP contribution is 2.16. The highest BCUT2D eigenvalue weighted by molar-refractivity contribution is 5.56. The molecule has 122 valence electrons. The van der Waals surface area contributed by atoms with E-state index in [0.717, 1.165) is 12.1 Å². The van der Waals surface area contributed by atoms with E-state index in [1.54, 1.807) is 24.4 Å². The first-order valence-corrected chi connectivity index (χ1v) is 7.77. The first-order chi connectivity index (χ1) is 11.7. The summed E-state index contributed by atoms with van der Waals surface area (Å²) in [5.41, 5.74) is 2.75. The molecule has 3 rings (SSSR count). The number of nitrogens with zero attached hydrogens (tertiary/aromatic N) is 3. The van der Waals surface area contributed by atoms with E-state index in [0.29, 0.717) is 23.9 Å². The van der Waals surface area contributed by atoms with Crippen LogP contribution in [-0.4, -0.2) is 15.2 Å². The molecule has 0 saturated carbocycles. The van der Waals surface area contributed by atoms with Gasteiger partial charge in [-0.15, -0.1) is 5.10 Å². The number of nitrogens with one attached hydrogen (secondary N) is 2. The highest BCUT2D eigenvalue weighted by Gasteiger charge is 2.04. The SMILES string of the molecule is CCc1ccc(Nc2cnnc(NCc3ccccc3F)n2)cc1. The van der Waals surface area contributed by atoms with Crippen molar-refractivity contribution < 1.29 is 4.39 Å². The molecule has 3 aromatic rings. The quantitative estimate of drug-likeness (QED) is 0.720. The van der Waals surface area contributed by atoms with E-state index in [-0.39, 0.29) is 5.82 Å². The monoisotopic (exact) mass is 323 g/mol. The molecule has 0 bridgehead atoms. The summed E-state index contributed by atoms with van der Waals surface area (Å²) in [6, 6.07) is 14.7. The molecule has 0 aliphatic heterocycles. The van der Waals surface area contributed by atoms with Gasteiger partial charge in [0.25, 0.3) is 0 Å². The molecule has 0 radical (unpaired) electrons. The Labute approximate surface area is 140 Å². The van der Waals surface area contributed by atoms with Crippen molar-refractivity contribution in [1.29, 1.82) is 0 Å². The molecule has 0 saturated heterocycles. The Morgan fingerprint density at radius 3 is 2.58 bits per heavy atom. The van der Waals surface area contributed by atoms with Crippen molar-refractivity contribution in [2.75, 3.05) is 10.6 Å². The minimum atomic E-state index is -0.261. The van der Waals surface area contributed by atoms with Gasteiger partial charge in [0.05, 0.1) is 6.20 Å². The lowest BCUT2D eigenvalue weighted by molar-refractivity contribution is 0.612. The van der Waals surface area contributed by atoms with Gasteiger partial charge in [0.15, 0.2) is 5.82 Å². The van der Waals surface area contributed by atoms with Crippen molar-refractivity contribution in [2.45, 2.75) is 19.9 Å². The van der Waals surface area contributed by atoms with Gasteiger partial charge in [0.2, 0.25) is 5.95 Å². The average Bonchev–Trinajstić information content (AvgIpc) is 2.62. The number of hydrogen-bond acceptors (Lipinski definition) is 5. The van der Waals surface area contributed by atoms with Crippen molar-refractivity contribution in [3.63, 3.8) is 0 Å². The normalized spacial score (nSPS) is 10.4. The van der Waals surface area contributed by atoms with Crippen molar-refractivity contribution in [2.24, 2.45) is 0 Å². The van der Waals surface area contributed by atoms with Gasteiger partial charge in [0, 0.05) is 17.8 Å². The lowest BCUT2D eigenvalue weighted by Crippen LogP contribution is -2.07. The van der Waals surface area contributed by atoms with Gasteiger partial charge in [0.1, 0.15) is 5.82 Å². The van der Waals surface area contributed by atoms with Crippen LogP contribution in [0.3, 0.4) is 0 Å². The fraction of sp³-hybridized carbons (Fsp3) is 0.167. The molecule has 5 nitrogen and oxygen atoms in total. The molecule has 0 spiro atoms. The molecule has 24 heavy (non-hydrogen) atoms. The molecule has 6 heteroatoms. The molecule has 2 aromatic carbocycles. The standard InChI is InChI=1S/C18H18FN5/c1-2-13-7-9-15(10-8-13)22-17-12-21-24-18(23-17)20-11-14-5-3-4-6-16(14)19/h3-10,12H,2,11H2,1H3,(H2,20,22,23,24). The molecule has 1 aromatic heterocycles. The molecular weight excluding hydrogens is 305 g/mol. The third-order valence-corrected chi connectivity index (χ3v) is 3.59. The summed E-state index contributed by atoms with van der Waals surface area (Å²) in [6.45, 7) is 2.41. The minimum absolute atomic E-state index is 0.261. The molecule has 0 aliphatic carbocycles. The van der Waals surface area contributed by atoms with Crippen LogP contribution in [0.4, 0.5) is 21.8 Å². The summed E-state index contributed by atoms with van der Waals surface area (Å²) in [4.78, 5) is 4.34. The second kappa shape index (κ2) is 7.50. The maximum atomic E-state index is 13.6.